The standard InChI is InChI=1S/C18H18N2O2/c1-13-5-4-6-15(11-13)20-18(21)19-10-9-14-12-22-17-8-3-2-7-16(14)17/h2-8,11-12H,9-10H2,1H3,(H2,19,20,21). The monoisotopic (exact) mass is 294 g/mol. The van der Waals surface area contributed by atoms with Crippen LogP contribution in [0.3, 0.4) is 0 Å². The predicted octanol–water partition coefficient (Wildman–Crippen LogP) is 4.11. The zero-order chi connectivity index (χ0) is 15.4. The van der Waals surface area contributed by atoms with Crippen molar-refractivity contribution in [2.24, 2.45) is 0 Å². The molecule has 3 rings (SSSR count). The molecule has 3 aromatic rings. The van der Waals surface area contributed by atoms with Crippen LogP contribution in [0.2, 0.25) is 0 Å². The zero-order valence-electron chi connectivity index (χ0n) is 12.4. The van der Waals surface area contributed by atoms with E-state index in [1.807, 2.05) is 55.5 Å². The van der Waals surface area contributed by atoms with Crippen molar-refractivity contribution in [2.45, 2.75) is 13.3 Å². The van der Waals surface area contributed by atoms with E-state index in [1.165, 1.54) is 0 Å². The Morgan fingerprint density at radius 3 is 2.86 bits per heavy atom. The van der Waals surface area contributed by atoms with Gasteiger partial charge in [-0.1, -0.05) is 30.3 Å². The van der Waals surface area contributed by atoms with Gasteiger partial charge in [0.25, 0.3) is 0 Å². The SMILES string of the molecule is Cc1cccc(NC(=O)NCCc2coc3ccccc23)c1. The summed E-state index contributed by atoms with van der Waals surface area (Å²) in [5.74, 6) is 0. The number of carbonyl (C=O) groups excluding carboxylic acids is 1. The van der Waals surface area contributed by atoms with Crippen molar-refractivity contribution in [1.82, 2.24) is 5.32 Å². The molecular weight excluding hydrogens is 276 g/mol. The molecular formula is C18H18N2O2. The van der Waals surface area contributed by atoms with E-state index in [-0.39, 0.29) is 6.03 Å². The van der Waals surface area contributed by atoms with Crippen molar-refractivity contribution < 1.29 is 9.21 Å². The maximum Gasteiger partial charge on any atom is 0.319 e. The number of carbonyl (C=O) groups is 1. The van der Waals surface area contributed by atoms with Gasteiger partial charge in [-0.15, -0.1) is 0 Å². The highest BCUT2D eigenvalue weighted by molar-refractivity contribution is 5.89. The van der Waals surface area contributed by atoms with Crippen molar-refractivity contribution >= 4 is 22.7 Å². The number of para-hydroxylation sites is 1. The second kappa shape index (κ2) is 6.35. The fourth-order valence-corrected chi connectivity index (χ4v) is 2.44. The third-order valence-corrected chi connectivity index (χ3v) is 3.52. The molecule has 0 aliphatic rings. The molecule has 0 saturated carbocycles. The Hall–Kier alpha value is -2.75. The molecule has 2 amide bonds. The highest BCUT2D eigenvalue weighted by Crippen LogP contribution is 2.20. The maximum atomic E-state index is 11.9. The Morgan fingerprint density at radius 1 is 1.14 bits per heavy atom. The summed E-state index contributed by atoms with van der Waals surface area (Å²) in [4.78, 5) is 11.9. The van der Waals surface area contributed by atoms with Crippen LogP contribution in [0.4, 0.5) is 10.5 Å². The first-order valence-electron chi connectivity index (χ1n) is 7.29. The molecule has 22 heavy (non-hydrogen) atoms. The van der Waals surface area contributed by atoms with Crippen molar-refractivity contribution in [3.63, 3.8) is 0 Å². The lowest BCUT2D eigenvalue weighted by atomic mass is 10.1. The van der Waals surface area contributed by atoms with E-state index < -0.39 is 0 Å². The number of hydrogen-bond acceptors (Lipinski definition) is 2. The first kappa shape index (κ1) is 14.2. The highest BCUT2D eigenvalue weighted by atomic mass is 16.3. The number of amides is 2. The lowest BCUT2D eigenvalue weighted by Crippen LogP contribution is -2.30. The van der Waals surface area contributed by atoms with E-state index in [0.29, 0.717) is 6.54 Å². The number of aryl methyl sites for hydroxylation is 1. The van der Waals surface area contributed by atoms with Crippen LogP contribution in [0.1, 0.15) is 11.1 Å². The Morgan fingerprint density at radius 2 is 2.00 bits per heavy atom. The second-order valence-electron chi connectivity index (χ2n) is 5.26. The second-order valence-corrected chi connectivity index (χ2v) is 5.26. The molecule has 4 heteroatoms. The largest absolute Gasteiger partial charge is 0.464 e. The Labute approximate surface area is 129 Å². The summed E-state index contributed by atoms with van der Waals surface area (Å²) in [5, 5.41) is 6.79. The van der Waals surface area contributed by atoms with Gasteiger partial charge in [0.1, 0.15) is 5.58 Å². The van der Waals surface area contributed by atoms with Gasteiger partial charge in [-0.3, -0.25) is 0 Å². The van der Waals surface area contributed by atoms with Crippen LogP contribution in [0, 0.1) is 6.92 Å². The molecule has 1 aromatic heterocycles. The van der Waals surface area contributed by atoms with Gasteiger partial charge in [0.2, 0.25) is 0 Å². The van der Waals surface area contributed by atoms with E-state index >= 15 is 0 Å². The van der Waals surface area contributed by atoms with Crippen molar-refractivity contribution in [3.8, 4) is 0 Å². The molecule has 0 fully saturated rings. The summed E-state index contributed by atoms with van der Waals surface area (Å²) in [5.41, 5.74) is 3.89. The number of furan rings is 1. The Kier molecular flexibility index (Phi) is 4.10. The molecule has 2 aromatic carbocycles. The van der Waals surface area contributed by atoms with Crippen LogP contribution in [-0.4, -0.2) is 12.6 Å². The summed E-state index contributed by atoms with van der Waals surface area (Å²) in [6.45, 7) is 2.55. The highest BCUT2D eigenvalue weighted by Gasteiger charge is 2.06. The minimum atomic E-state index is -0.196. The van der Waals surface area contributed by atoms with Crippen LogP contribution in [0.15, 0.2) is 59.2 Å². The van der Waals surface area contributed by atoms with E-state index in [0.717, 1.165) is 34.2 Å². The number of nitrogens with one attached hydrogen (secondary N) is 2. The molecule has 0 spiro atoms. The normalized spacial score (nSPS) is 10.6. The molecule has 0 atom stereocenters. The molecule has 0 unspecified atom stereocenters. The zero-order valence-corrected chi connectivity index (χ0v) is 12.4. The third-order valence-electron chi connectivity index (χ3n) is 3.52. The summed E-state index contributed by atoms with van der Waals surface area (Å²) in [6.07, 6.45) is 2.49. The summed E-state index contributed by atoms with van der Waals surface area (Å²) in [7, 11) is 0. The minimum absolute atomic E-state index is 0.196. The van der Waals surface area contributed by atoms with Crippen LogP contribution >= 0.6 is 0 Å². The van der Waals surface area contributed by atoms with E-state index in [2.05, 4.69) is 10.6 Å². The average Bonchev–Trinajstić information content (AvgIpc) is 2.91. The molecule has 1 heterocycles. The average molecular weight is 294 g/mol. The number of benzene rings is 2. The molecule has 0 aliphatic heterocycles. The number of fused-ring (bicyclic) bond motifs is 1. The van der Waals surface area contributed by atoms with Gasteiger partial charge in [0.15, 0.2) is 0 Å². The number of urea groups is 1. The first-order chi connectivity index (χ1) is 10.7. The van der Waals surface area contributed by atoms with Gasteiger partial charge in [-0.05, 0) is 42.7 Å². The van der Waals surface area contributed by atoms with Gasteiger partial charge >= 0.3 is 6.03 Å². The summed E-state index contributed by atoms with van der Waals surface area (Å²) >= 11 is 0. The van der Waals surface area contributed by atoms with Crippen LogP contribution in [-0.2, 0) is 6.42 Å². The van der Waals surface area contributed by atoms with Crippen LogP contribution in [0.25, 0.3) is 11.0 Å². The fraction of sp³-hybridized carbons (Fsp3) is 0.167. The van der Waals surface area contributed by atoms with E-state index in [4.69, 9.17) is 4.42 Å². The molecule has 2 N–H and O–H groups in total. The maximum absolute atomic E-state index is 11.9. The fourth-order valence-electron chi connectivity index (χ4n) is 2.44. The molecule has 4 nitrogen and oxygen atoms in total. The van der Waals surface area contributed by atoms with Crippen molar-refractivity contribution in [1.29, 1.82) is 0 Å². The third kappa shape index (κ3) is 3.28. The summed E-state index contributed by atoms with van der Waals surface area (Å²) in [6, 6.07) is 15.4. The predicted molar refractivity (Wildman–Crippen MR) is 88.1 cm³/mol. The lowest BCUT2D eigenvalue weighted by molar-refractivity contribution is 0.252. The van der Waals surface area contributed by atoms with Crippen LogP contribution < -0.4 is 10.6 Å². The first-order valence-corrected chi connectivity index (χ1v) is 7.29. The molecule has 0 bridgehead atoms. The Balaban J connectivity index is 1.53. The van der Waals surface area contributed by atoms with Gasteiger partial charge in [0.05, 0.1) is 6.26 Å². The van der Waals surface area contributed by atoms with E-state index in [9.17, 15) is 4.79 Å². The minimum Gasteiger partial charge on any atom is -0.464 e. The van der Waals surface area contributed by atoms with Gasteiger partial charge in [0, 0.05) is 17.6 Å². The topological polar surface area (TPSA) is 54.3 Å². The Bertz CT molecular complexity index is 792. The number of hydrogen-bond donors (Lipinski definition) is 2. The smallest absolute Gasteiger partial charge is 0.319 e. The van der Waals surface area contributed by atoms with Crippen molar-refractivity contribution in [3.05, 3.63) is 65.9 Å². The number of anilines is 1. The van der Waals surface area contributed by atoms with Gasteiger partial charge < -0.3 is 15.1 Å². The van der Waals surface area contributed by atoms with Crippen LogP contribution in [0.5, 0.6) is 0 Å². The lowest BCUT2D eigenvalue weighted by Gasteiger charge is -2.07. The quantitative estimate of drug-likeness (QED) is 0.761. The van der Waals surface area contributed by atoms with E-state index in [1.54, 1.807) is 6.26 Å². The molecule has 0 radical (unpaired) electrons. The molecule has 0 saturated heterocycles. The summed E-state index contributed by atoms with van der Waals surface area (Å²) < 4.78 is 5.49. The molecule has 0 aliphatic carbocycles. The van der Waals surface area contributed by atoms with Crippen molar-refractivity contribution in [2.75, 3.05) is 11.9 Å². The molecule has 112 valence electrons. The number of rotatable bonds is 4. The van der Waals surface area contributed by atoms with Gasteiger partial charge in [-0.25, -0.2) is 4.79 Å². The van der Waals surface area contributed by atoms with Gasteiger partial charge in [-0.2, -0.15) is 0 Å².